The van der Waals surface area contributed by atoms with Crippen LogP contribution in [0.1, 0.15) is 181 Å². The number of aliphatic hydroxyl groups excluding tert-OH is 1. The Balaban J connectivity index is 1.88. The summed E-state index contributed by atoms with van der Waals surface area (Å²) in [6, 6.07) is 0. The molecular formula is C37H68O6. The highest BCUT2D eigenvalue weighted by Gasteiger charge is 2.36. The number of aliphatic hydroxyl groups is 1. The van der Waals surface area contributed by atoms with E-state index in [0.717, 1.165) is 57.8 Å². The van der Waals surface area contributed by atoms with Crippen LogP contribution in [0.2, 0.25) is 0 Å². The van der Waals surface area contributed by atoms with Gasteiger partial charge >= 0.3 is 11.9 Å². The molecule has 0 aromatic carbocycles. The minimum absolute atomic E-state index is 0.0700. The van der Waals surface area contributed by atoms with Gasteiger partial charge in [0.25, 0.3) is 0 Å². The predicted octanol–water partition coefficient (Wildman–Crippen LogP) is 9.94. The SMILES string of the molecule is CCCCCCCCCCCCCCCC(=O)OC[C@H](CO)OC(=O)CCCCCCCC=CC[C@@H]1O[C@@H]1CCCCC. The van der Waals surface area contributed by atoms with Gasteiger partial charge in [-0.05, 0) is 38.5 Å². The van der Waals surface area contributed by atoms with Crippen LogP contribution in [0.25, 0.3) is 0 Å². The highest BCUT2D eigenvalue weighted by atomic mass is 16.6. The van der Waals surface area contributed by atoms with Crippen LogP contribution in [0.3, 0.4) is 0 Å². The number of ether oxygens (including phenoxy) is 3. The van der Waals surface area contributed by atoms with Crippen molar-refractivity contribution < 1.29 is 28.9 Å². The molecule has 0 unspecified atom stereocenters. The molecule has 0 aromatic rings. The van der Waals surface area contributed by atoms with Crippen LogP contribution < -0.4 is 0 Å². The number of esters is 2. The van der Waals surface area contributed by atoms with E-state index in [4.69, 9.17) is 14.2 Å². The van der Waals surface area contributed by atoms with Crippen LogP contribution in [0.4, 0.5) is 0 Å². The Morgan fingerprint density at radius 1 is 0.651 bits per heavy atom. The molecule has 1 heterocycles. The Morgan fingerprint density at radius 3 is 1.74 bits per heavy atom. The van der Waals surface area contributed by atoms with Crippen molar-refractivity contribution in [2.45, 2.75) is 199 Å². The molecule has 0 spiro atoms. The summed E-state index contributed by atoms with van der Waals surface area (Å²) in [5, 5.41) is 9.53. The standard InChI is InChI=1S/C37H68O6/c1-3-5-7-8-9-10-11-12-13-14-18-21-25-29-36(39)41-32-33(31-38)42-37(40)30-26-22-19-16-15-17-20-24-28-35-34(43-35)27-23-6-4-2/h20,24,33-35,38H,3-19,21-23,25-32H2,1-2H3/t33-,34+,35-/m0/s1. The molecule has 252 valence electrons. The third-order valence-electron chi connectivity index (χ3n) is 8.48. The fourth-order valence-corrected chi connectivity index (χ4v) is 5.56. The van der Waals surface area contributed by atoms with Gasteiger partial charge in [-0.2, -0.15) is 0 Å². The molecule has 0 saturated carbocycles. The number of rotatable bonds is 32. The monoisotopic (exact) mass is 609 g/mol. The van der Waals surface area contributed by atoms with Crippen molar-refractivity contribution >= 4 is 11.9 Å². The number of hydrogen-bond donors (Lipinski definition) is 1. The second kappa shape index (κ2) is 29.3. The van der Waals surface area contributed by atoms with Gasteiger partial charge in [0, 0.05) is 12.8 Å². The lowest BCUT2D eigenvalue weighted by Gasteiger charge is -2.15. The molecule has 1 rings (SSSR count). The lowest BCUT2D eigenvalue weighted by Crippen LogP contribution is -2.28. The number of carbonyl (C=O) groups is 2. The highest BCUT2D eigenvalue weighted by Crippen LogP contribution is 2.30. The summed E-state index contributed by atoms with van der Waals surface area (Å²) in [6.45, 7) is 4.09. The van der Waals surface area contributed by atoms with Gasteiger partial charge in [0.05, 0.1) is 18.8 Å². The first-order valence-corrected chi connectivity index (χ1v) is 18.4. The molecule has 1 aliphatic rings. The Kier molecular flexibility index (Phi) is 27.0. The van der Waals surface area contributed by atoms with Crippen LogP contribution in [0, 0.1) is 0 Å². The molecule has 1 saturated heterocycles. The third kappa shape index (κ3) is 25.6. The lowest BCUT2D eigenvalue weighted by atomic mass is 10.0. The average molecular weight is 609 g/mol. The van der Waals surface area contributed by atoms with Gasteiger partial charge in [0.2, 0.25) is 0 Å². The second-order valence-electron chi connectivity index (χ2n) is 12.7. The molecule has 0 radical (unpaired) electrons. The third-order valence-corrected chi connectivity index (χ3v) is 8.48. The molecule has 1 aliphatic heterocycles. The summed E-state index contributed by atoms with van der Waals surface area (Å²) in [6.07, 6.45) is 34.3. The summed E-state index contributed by atoms with van der Waals surface area (Å²) in [4.78, 5) is 24.2. The van der Waals surface area contributed by atoms with Crippen molar-refractivity contribution in [3.8, 4) is 0 Å². The molecule has 6 nitrogen and oxygen atoms in total. The van der Waals surface area contributed by atoms with Gasteiger partial charge < -0.3 is 19.3 Å². The van der Waals surface area contributed by atoms with Crippen LogP contribution in [0.15, 0.2) is 12.2 Å². The van der Waals surface area contributed by atoms with E-state index in [1.54, 1.807) is 0 Å². The van der Waals surface area contributed by atoms with Gasteiger partial charge in [0.15, 0.2) is 6.10 Å². The van der Waals surface area contributed by atoms with Crippen LogP contribution in [-0.2, 0) is 23.8 Å². The topological polar surface area (TPSA) is 85.4 Å². The predicted molar refractivity (Wildman–Crippen MR) is 177 cm³/mol. The second-order valence-corrected chi connectivity index (χ2v) is 12.7. The van der Waals surface area contributed by atoms with Gasteiger partial charge in [-0.1, -0.05) is 142 Å². The highest BCUT2D eigenvalue weighted by molar-refractivity contribution is 5.70. The van der Waals surface area contributed by atoms with Crippen molar-refractivity contribution in [1.29, 1.82) is 0 Å². The maximum Gasteiger partial charge on any atom is 0.306 e. The number of hydrogen-bond acceptors (Lipinski definition) is 6. The first kappa shape index (κ1) is 39.6. The number of epoxide rings is 1. The number of allylic oxidation sites excluding steroid dienone is 1. The van der Waals surface area contributed by atoms with Crippen LogP contribution in [0.5, 0.6) is 0 Å². The van der Waals surface area contributed by atoms with E-state index in [1.807, 2.05) is 0 Å². The van der Waals surface area contributed by atoms with Crippen molar-refractivity contribution in [2.75, 3.05) is 13.2 Å². The summed E-state index contributed by atoms with van der Waals surface area (Å²) in [5.74, 6) is -0.607. The quantitative estimate of drug-likeness (QED) is 0.0354. The van der Waals surface area contributed by atoms with Crippen molar-refractivity contribution in [2.24, 2.45) is 0 Å². The molecular weight excluding hydrogens is 540 g/mol. The molecule has 43 heavy (non-hydrogen) atoms. The lowest BCUT2D eigenvalue weighted by molar-refractivity contribution is -0.161. The van der Waals surface area contributed by atoms with Gasteiger partial charge in [-0.15, -0.1) is 0 Å². The average Bonchev–Trinajstić information content (AvgIpc) is 3.76. The van der Waals surface area contributed by atoms with E-state index >= 15 is 0 Å². The molecule has 0 bridgehead atoms. The normalized spacial score (nSPS) is 16.9. The molecule has 0 amide bonds. The molecule has 3 atom stereocenters. The first-order valence-electron chi connectivity index (χ1n) is 18.4. The minimum Gasteiger partial charge on any atom is -0.462 e. The van der Waals surface area contributed by atoms with E-state index in [1.165, 1.54) is 96.3 Å². The maximum atomic E-state index is 12.1. The van der Waals surface area contributed by atoms with Crippen molar-refractivity contribution in [3.63, 3.8) is 0 Å². The summed E-state index contributed by atoms with van der Waals surface area (Å²) in [7, 11) is 0. The summed E-state index contributed by atoms with van der Waals surface area (Å²) < 4.78 is 16.3. The molecule has 1 N–H and O–H groups in total. The van der Waals surface area contributed by atoms with Crippen LogP contribution >= 0.6 is 0 Å². The first-order chi connectivity index (χ1) is 21.1. The zero-order valence-electron chi connectivity index (χ0n) is 28.2. The Labute approximate surface area is 265 Å². The van der Waals surface area contributed by atoms with E-state index in [9.17, 15) is 14.7 Å². The smallest absolute Gasteiger partial charge is 0.306 e. The largest absolute Gasteiger partial charge is 0.462 e. The summed E-state index contributed by atoms with van der Waals surface area (Å²) in [5.41, 5.74) is 0. The molecule has 0 aliphatic carbocycles. The zero-order chi connectivity index (χ0) is 31.2. The number of unbranched alkanes of at least 4 members (excludes halogenated alkanes) is 19. The molecule has 0 aromatic heterocycles. The molecule has 1 fully saturated rings. The van der Waals surface area contributed by atoms with Crippen molar-refractivity contribution in [3.05, 3.63) is 12.2 Å². The van der Waals surface area contributed by atoms with Crippen LogP contribution in [-0.4, -0.2) is 48.6 Å². The Hall–Kier alpha value is -1.40. The van der Waals surface area contributed by atoms with E-state index in [2.05, 4.69) is 26.0 Å². The Bertz CT molecular complexity index is 678. The summed E-state index contributed by atoms with van der Waals surface area (Å²) >= 11 is 0. The number of carbonyl (C=O) groups excluding carboxylic acids is 2. The van der Waals surface area contributed by atoms with Gasteiger partial charge in [0.1, 0.15) is 6.61 Å². The zero-order valence-corrected chi connectivity index (χ0v) is 28.2. The van der Waals surface area contributed by atoms with Crippen molar-refractivity contribution in [1.82, 2.24) is 0 Å². The Morgan fingerprint density at radius 2 is 1.16 bits per heavy atom. The van der Waals surface area contributed by atoms with Gasteiger partial charge in [-0.25, -0.2) is 0 Å². The maximum absolute atomic E-state index is 12.1. The fourth-order valence-electron chi connectivity index (χ4n) is 5.56. The minimum atomic E-state index is -0.775. The fraction of sp³-hybridized carbons (Fsp3) is 0.892. The molecule has 6 heteroatoms. The van der Waals surface area contributed by atoms with E-state index < -0.39 is 6.10 Å². The van der Waals surface area contributed by atoms with E-state index in [0.29, 0.717) is 25.0 Å². The van der Waals surface area contributed by atoms with E-state index in [-0.39, 0.29) is 25.2 Å². The van der Waals surface area contributed by atoms with Gasteiger partial charge in [-0.3, -0.25) is 9.59 Å².